The summed E-state index contributed by atoms with van der Waals surface area (Å²) in [7, 11) is 3.95. The van der Waals surface area contributed by atoms with Crippen LogP contribution in [0.2, 0.25) is 0 Å². The van der Waals surface area contributed by atoms with Crippen molar-refractivity contribution in [3.8, 4) is 5.75 Å². The molecule has 2 heterocycles. The van der Waals surface area contributed by atoms with E-state index in [1.165, 1.54) is 5.56 Å². The van der Waals surface area contributed by atoms with Gasteiger partial charge in [0.1, 0.15) is 5.75 Å². The van der Waals surface area contributed by atoms with E-state index in [2.05, 4.69) is 51.3 Å². The Morgan fingerprint density at radius 1 is 1.00 bits per heavy atom. The smallest absolute Gasteiger partial charge is 0.118 e. The molecule has 0 bridgehead atoms. The molecule has 1 aromatic rings. The number of rotatable bonds is 5. The van der Waals surface area contributed by atoms with Gasteiger partial charge in [0.05, 0.1) is 7.11 Å². The number of piperazine rings is 2. The lowest BCUT2D eigenvalue weighted by Crippen LogP contribution is -2.51. The molecule has 23 heavy (non-hydrogen) atoms. The molecule has 0 radical (unpaired) electrons. The zero-order valence-electron chi connectivity index (χ0n) is 14.5. The molecule has 1 unspecified atom stereocenters. The van der Waals surface area contributed by atoms with Gasteiger partial charge in [0, 0.05) is 64.9 Å². The summed E-state index contributed by atoms with van der Waals surface area (Å²) in [6.45, 7) is 10.3. The van der Waals surface area contributed by atoms with E-state index in [9.17, 15) is 0 Å². The minimum absolute atomic E-state index is 0.479. The number of hydrogen-bond acceptors (Lipinski definition) is 5. The summed E-state index contributed by atoms with van der Waals surface area (Å²) in [6, 6.07) is 9.15. The molecule has 0 amide bonds. The number of nitrogens with one attached hydrogen (secondary N) is 1. The number of methoxy groups -OCH3 is 1. The molecule has 0 aliphatic carbocycles. The summed E-state index contributed by atoms with van der Waals surface area (Å²) in [4.78, 5) is 7.68. The van der Waals surface area contributed by atoms with Gasteiger partial charge in [-0.3, -0.25) is 9.80 Å². The average molecular weight is 318 g/mol. The van der Waals surface area contributed by atoms with Crippen LogP contribution in [-0.4, -0.2) is 87.8 Å². The van der Waals surface area contributed by atoms with Crippen molar-refractivity contribution in [1.82, 2.24) is 20.0 Å². The van der Waals surface area contributed by atoms with Crippen LogP contribution in [0.1, 0.15) is 11.6 Å². The van der Waals surface area contributed by atoms with Gasteiger partial charge in [-0.1, -0.05) is 12.1 Å². The van der Waals surface area contributed by atoms with Gasteiger partial charge < -0.3 is 15.0 Å². The number of benzene rings is 1. The fraction of sp³-hybridized carbons (Fsp3) is 0.667. The maximum atomic E-state index is 5.32. The fourth-order valence-corrected chi connectivity index (χ4v) is 3.53. The van der Waals surface area contributed by atoms with E-state index in [0.717, 1.165) is 64.7 Å². The van der Waals surface area contributed by atoms with Gasteiger partial charge >= 0.3 is 0 Å². The van der Waals surface area contributed by atoms with Gasteiger partial charge in [-0.15, -0.1) is 0 Å². The number of ether oxygens (including phenoxy) is 1. The Balaban J connectivity index is 1.73. The zero-order valence-corrected chi connectivity index (χ0v) is 14.5. The topological polar surface area (TPSA) is 31.0 Å². The Morgan fingerprint density at radius 2 is 1.65 bits per heavy atom. The van der Waals surface area contributed by atoms with Crippen molar-refractivity contribution in [3.05, 3.63) is 29.8 Å². The van der Waals surface area contributed by atoms with E-state index in [-0.39, 0.29) is 0 Å². The summed E-state index contributed by atoms with van der Waals surface area (Å²) in [5.41, 5.74) is 1.41. The van der Waals surface area contributed by atoms with Gasteiger partial charge in [0.2, 0.25) is 0 Å². The van der Waals surface area contributed by atoms with Gasteiger partial charge in [0.15, 0.2) is 0 Å². The molecule has 2 fully saturated rings. The standard InChI is InChI=1S/C18H30N4O/c1-20-11-13-22(14-12-20)18(15-21-9-7-19-8-10-21)16-3-5-17(23-2)6-4-16/h3-6,18-19H,7-15H2,1-2H3. The van der Waals surface area contributed by atoms with Crippen molar-refractivity contribution in [2.45, 2.75) is 6.04 Å². The maximum Gasteiger partial charge on any atom is 0.118 e. The average Bonchev–Trinajstić information content (AvgIpc) is 2.62. The maximum absolute atomic E-state index is 5.32. The number of hydrogen-bond donors (Lipinski definition) is 1. The van der Waals surface area contributed by atoms with Crippen LogP contribution in [0.15, 0.2) is 24.3 Å². The largest absolute Gasteiger partial charge is 0.497 e. The van der Waals surface area contributed by atoms with Crippen LogP contribution in [0.4, 0.5) is 0 Å². The molecule has 2 aliphatic heterocycles. The van der Waals surface area contributed by atoms with Gasteiger partial charge in [-0.25, -0.2) is 0 Å². The molecule has 1 atom stereocenters. The minimum Gasteiger partial charge on any atom is -0.497 e. The van der Waals surface area contributed by atoms with E-state index in [1.54, 1.807) is 7.11 Å². The third-order valence-corrected chi connectivity index (χ3v) is 5.12. The van der Waals surface area contributed by atoms with Crippen LogP contribution in [0, 0.1) is 0 Å². The summed E-state index contributed by atoms with van der Waals surface area (Å²) >= 11 is 0. The number of nitrogens with zero attached hydrogens (tertiary/aromatic N) is 3. The van der Waals surface area contributed by atoms with Gasteiger partial charge in [-0.2, -0.15) is 0 Å². The minimum atomic E-state index is 0.479. The van der Waals surface area contributed by atoms with Crippen LogP contribution in [0.3, 0.4) is 0 Å². The zero-order chi connectivity index (χ0) is 16.1. The highest BCUT2D eigenvalue weighted by atomic mass is 16.5. The van der Waals surface area contributed by atoms with Crippen molar-refractivity contribution >= 4 is 0 Å². The molecule has 1 N–H and O–H groups in total. The van der Waals surface area contributed by atoms with Crippen LogP contribution < -0.4 is 10.1 Å². The molecule has 2 aliphatic rings. The Labute approximate surface area is 140 Å². The Bertz CT molecular complexity index is 464. The second-order valence-electron chi connectivity index (χ2n) is 6.68. The Kier molecular flexibility index (Phi) is 5.89. The summed E-state index contributed by atoms with van der Waals surface area (Å²) in [5, 5.41) is 3.45. The Morgan fingerprint density at radius 3 is 2.26 bits per heavy atom. The lowest BCUT2D eigenvalue weighted by atomic mass is 10.0. The molecule has 5 nitrogen and oxygen atoms in total. The van der Waals surface area contributed by atoms with Crippen molar-refractivity contribution in [3.63, 3.8) is 0 Å². The number of likely N-dealkylation sites (N-methyl/N-ethyl adjacent to an activating group) is 1. The van der Waals surface area contributed by atoms with Crippen molar-refractivity contribution < 1.29 is 4.74 Å². The predicted molar refractivity (Wildman–Crippen MR) is 94.1 cm³/mol. The Hall–Kier alpha value is -1.14. The van der Waals surface area contributed by atoms with Crippen molar-refractivity contribution in [2.75, 3.05) is 73.1 Å². The SMILES string of the molecule is COc1ccc(C(CN2CCNCC2)N2CCN(C)CC2)cc1. The molecule has 3 rings (SSSR count). The highest BCUT2D eigenvalue weighted by Gasteiger charge is 2.26. The first-order valence-corrected chi connectivity index (χ1v) is 8.76. The van der Waals surface area contributed by atoms with Crippen LogP contribution in [0.5, 0.6) is 5.75 Å². The first kappa shape index (κ1) is 16.7. The quantitative estimate of drug-likeness (QED) is 0.871. The van der Waals surface area contributed by atoms with E-state index in [0.29, 0.717) is 6.04 Å². The van der Waals surface area contributed by atoms with Gasteiger partial charge in [-0.05, 0) is 24.7 Å². The monoisotopic (exact) mass is 318 g/mol. The van der Waals surface area contributed by atoms with Gasteiger partial charge in [0.25, 0.3) is 0 Å². The molecule has 0 spiro atoms. The highest BCUT2D eigenvalue weighted by Crippen LogP contribution is 2.25. The molecule has 5 heteroatoms. The van der Waals surface area contributed by atoms with E-state index >= 15 is 0 Å². The van der Waals surface area contributed by atoms with E-state index in [1.807, 2.05) is 0 Å². The van der Waals surface area contributed by atoms with Crippen molar-refractivity contribution in [1.29, 1.82) is 0 Å². The first-order chi connectivity index (χ1) is 11.3. The summed E-state index contributed by atoms with van der Waals surface area (Å²) in [5.74, 6) is 0.938. The second kappa shape index (κ2) is 8.11. The third kappa shape index (κ3) is 4.44. The van der Waals surface area contributed by atoms with Crippen LogP contribution in [0.25, 0.3) is 0 Å². The third-order valence-electron chi connectivity index (χ3n) is 5.12. The molecule has 0 aromatic heterocycles. The lowest BCUT2D eigenvalue weighted by Gasteiger charge is -2.41. The normalized spacial score (nSPS) is 22.9. The second-order valence-corrected chi connectivity index (χ2v) is 6.68. The molecular formula is C18H30N4O. The highest BCUT2D eigenvalue weighted by molar-refractivity contribution is 5.29. The fourth-order valence-electron chi connectivity index (χ4n) is 3.53. The summed E-state index contributed by atoms with van der Waals surface area (Å²) in [6.07, 6.45) is 0. The van der Waals surface area contributed by atoms with Crippen LogP contribution in [-0.2, 0) is 0 Å². The molecule has 2 saturated heterocycles. The molecule has 128 valence electrons. The first-order valence-electron chi connectivity index (χ1n) is 8.76. The molecule has 0 saturated carbocycles. The van der Waals surface area contributed by atoms with Crippen LogP contribution >= 0.6 is 0 Å². The van der Waals surface area contributed by atoms with E-state index in [4.69, 9.17) is 4.74 Å². The predicted octanol–water partition coefficient (Wildman–Crippen LogP) is 0.889. The van der Waals surface area contributed by atoms with E-state index < -0.39 is 0 Å². The molecular weight excluding hydrogens is 288 g/mol. The van der Waals surface area contributed by atoms with Crippen molar-refractivity contribution in [2.24, 2.45) is 0 Å². The molecule has 1 aromatic carbocycles. The summed E-state index contributed by atoms with van der Waals surface area (Å²) < 4.78 is 5.32. The lowest BCUT2D eigenvalue weighted by molar-refractivity contribution is 0.0816.